The van der Waals surface area contributed by atoms with Gasteiger partial charge in [-0.05, 0) is 42.2 Å². The van der Waals surface area contributed by atoms with Crippen molar-refractivity contribution in [1.82, 2.24) is 0 Å². The summed E-state index contributed by atoms with van der Waals surface area (Å²) in [5.41, 5.74) is 2.65. The van der Waals surface area contributed by atoms with Gasteiger partial charge in [0.15, 0.2) is 6.20 Å². The van der Waals surface area contributed by atoms with Gasteiger partial charge in [-0.1, -0.05) is 69.2 Å². The highest BCUT2D eigenvalue weighted by Gasteiger charge is 2.14. The molecule has 0 spiro atoms. The number of aromatic nitrogens is 1. The molecule has 1 heterocycles. The fourth-order valence-electron chi connectivity index (χ4n) is 4.85. The first kappa shape index (κ1) is 25.4. The fourth-order valence-corrected chi connectivity index (χ4v) is 5.77. The highest BCUT2D eigenvalue weighted by molar-refractivity contribution is 7.98. The predicted molar refractivity (Wildman–Crippen MR) is 132 cm³/mol. The lowest BCUT2D eigenvalue weighted by Crippen LogP contribution is -3.00. The van der Waals surface area contributed by atoms with Crippen LogP contribution >= 0.6 is 11.8 Å². The number of hydrogen-bond donors (Lipinski definition) is 0. The third kappa shape index (κ3) is 7.38. The molecule has 4 rings (SSSR count). The number of thioether (sulfide) groups is 1. The number of ether oxygens (including phenoxy) is 1. The minimum atomic E-state index is 0. The molecule has 2 aromatic carbocycles. The van der Waals surface area contributed by atoms with Gasteiger partial charge in [-0.3, -0.25) is 0 Å². The Morgan fingerprint density at radius 3 is 2.62 bits per heavy atom. The molecular formula is C28H36INOS. The van der Waals surface area contributed by atoms with Crippen LogP contribution in [0.3, 0.4) is 0 Å². The van der Waals surface area contributed by atoms with Crippen LogP contribution in [0, 0.1) is 5.92 Å². The standard InChI is InChI=1S/C28H36NOS.HI/c1-30-26-16-10-14-24(19-26)22-31-27-20-25-15-7-8-17-28(25)29(21-27)18-9-3-6-13-23-11-4-2-5-12-23;/h7-8,10,14-17,19-21,23H,2-6,9,11-13,18,22H2,1H3;1H/q+1;/p-1. The first-order valence-corrected chi connectivity index (χ1v) is 13.0. The number of methoxy groups -OCH3 is 1. The van der Waals surface area contributed by atoms with Crippen molar-refractivity contribution in [3.8, 4) is 5.75 Å². The monoisotopic (exact) mass is 561 g/mol. The summed E-state index contributed by atoms with van der Waals surface area (Å²) in [4.78, 5) is 1.34. The van der Waals surface area contributed by atoms with Crippen molar-refractivity contribution < 1.29 is 33.3 Å². The van der Waals surface area contributed by atoms with E-state index in [2.05, 4.69) is 59.3 Å². The Morgan fingerprint density at radius 2 is 1.78 bits per heavy atom. The van der Waals surface area contributed by atoms with Crippen LogP contribution < -0.4 is 33.3 Å². The van der Waals surface area contributed by atoms with E-state index in [9.17, 15) is 0 Å². The number of nitrogens with zero attached hydrogens (tertiary/aromatic N) is 1. The third-order valence-corrected chi connectivity index (χ3v) is 7.64. The molecule has 0 radical (unpaired) electrons. The smallest absolute Gasteiger partial charge is 0.212 e. The van der Waals surface area contributed by atoms with Crippen LogP contribution in [-0.4, -0.2) is 7.11 Å². The quantitative estimate of drug-likeness (QED) is 0.156. The van der Waals surface area contributed by atoms with Crippen LogP contribution in [0.4, 0.5) is 0 Å². The Hall–Kier alpha value is -1.27. The number of halogens is 1. The van der Waals surface area contributed by atoms with E-state index in [1.54, 1.807) is 7.11 Å². The second-order valence-electron chi connectivity index (χ2n) is 8.92. The lowest BCUT2D eigenvalue weighted by Gasteiger charge is -2.21. The van der Waals surface area contributed by atoms with E-state index in [1.165, 1.54) is 79.1 Å². The van der Waals surface area contributed by atoms with Gasteiger partial charge in [-0.25, -0.2) is 0 Å². The third-order valence-electron chi connectivity index (χ3n) is 6.60. The summed E-state index contributed by atoms with van der Waals surface area (Å²) < 4.78 is 7.85. The average molecular weight is 562 g/mol. The van der Waals surface area contributed by atoms with Crippen molar-refractivity contribution >= 4 is 22.7 Å². The maximum absolute atomic E-state index is 5.37. The normalized spacial score (nSPS) is 14.3. The minimum absolute atomic E-state index is 0. The molecule has 1 saturated carbocycles. The second kappa shape index (κ2) is 13.4. The van der Waals surface area contributed by atoms with Crippen LogP contribution in [0.5, 0.6) is 5.75 Å². The van der Waals surface area contributed by atoms with Gasteiger partial charge in [0.25, 0.3) is 0 Å². The van der Waals surface area contributed by atoms with Gasteiger partial charge in [0, 0.05) is 23.6 Å². The zero-order chi connectivity index (χ0) is 21.3. The summed E-state index contributed by atoms with van der Waals surface area (Å²) >= 11 is 1.91. The van der Waals surface area contributed by atoms with Crippen LogP contribution in [0.15, 0.2) is 65.7 Å². The highest BCUT2D eigenvalue weighted by Crippen LogP contribution is 2.28. The van der Waals surface area contributed by atoms with Gasteiger partial charge in [0.1, 0.15) is 12.3 Å². The Balaban J connectivity index is 0.00000289. The number of pyridine rings is 1. The number of unbranched alkanes of at least 4 members (excludes halogenated alkanes) is 2. The molecular weight excluding hydrogens is 525 g/mol. The number of hydrogen-bond acceptors (Lipinski definition) is 2. The van der Waals surface area contributed by atoms with Gasteiger partial charge in [0.2, 0.25) is 5.52 Å². The Kier molecular flexibility index (Phi) is 10.6. The SMILES string of the molecule is COc1cccc(CSc2cc3ccccc3[n+](CCCCCC3CCCCC3)c2)c1.[I-]. The van der Waals surface area contributed by atoms with Crippen molar-refractivity contribution in [2.75, 3.05) is 7.11 Å². The highest BCUT2D eigenvalue weighted by atomic mass is 127. The number of rotatable bonds is 10. The molecule has 0 saturated heterocycles. The molecule has 1 aliphatic carbocycles. The average Bonchev–Trinajstić information content (AvgIpc) is 2.83. The van der Waals surface area contributed by atoms with Crippen molar-refractivity contribution in [3.63, 3.8) is 0 Å². The molecule has 3 aromatic rings. The molecule has 172 valence electrons. The van der Waals surface area contributed by atoms with Gasteiger partial charge >= 0.3 is 0 Å². The summed E-state index contributed by atoms with van der Waals surface area (Å²) in [6.07, 6.45) is 15.2. The van der Waals surface area contributed by atoms with Crippen molar-refractivity contribution in [2.24, 2.45) is 5.92 Å². The molecule has 1 aliphatic rings. The van der Waals surface area contributed by atoms with E-state index >= 15 is 0 Å². The summed E-state index contributed by atoms with van der Waals surface area (Å²) in [7, 11) is 1.73. The van der Waals surface area contributed by atoms with Crippen LogP contribution in [0.25, 0.3) is 10.9 Å². The lowest BCUT2D eigenvalue weighted by atomic mass is 9.85. The zero-order valence-electron chi connectivity index (χ0n) is 19.3. The van der Waals surface area contributed by atoms with E-state index in [0.717, 1.165) is 24.0 Å². The largest absolute Gasteiger partial charge is 1.00 e. The molecule has 32 heavy (non-hydrogen) atoms. The van der Waals surface area contributed by atoms with Crippen LogP contribution in [0.1, 0.15) is 63.4 Å². The van der Waals surface area contributed by atoms with Crippen molar-refractivity contribution in [3.05, 3.63) is 66.4 Å². The molecule has 0 unspecified atom stereocenters. The molecule has 1 aromatic heterocycles. The topological polar surface area (TPSA) is 13.1 Å². The molecule has 0 bridgehead atoms. The van der Waals surface area contributed by atoms with E-state index < -0.39 is 0 Å². The first-order chi connectivity index (χ1) is 15.3. The summed E-state index contributed by atoms with van der Waals surface area (Å²) in [6.45, 7) is 1.11. The zero-order valence-corrected chi connectivity index (χ0v) is 22.2. The molecule has 1 fully saturated rings. The Bertz CT molecular complexity index is 971. The molecule has 2 nitrogen and oxygen atoms in total. The minimum Gasteiger partial charge on any atom is -1.00 e. The second-order valence-corrected chi connectivity index (χ2v) is 9.97. The summed E-state index contributed by atoms with van der Waals surface area (Å²) in [6, 6.07) is 19.5. The summed E-state index contributed by atoms with van der Waals surface area (Å²) in [5.74, 6) is 2.90. The fraction of sp³-hybridized carbons (Fsp3) is 0.464. The number of fused-ring (bicyclic) bond motifs is 1. The van der Waals surface area contributed by atoms with E-state index in [4.69, 9.17) is 4.74 Å². The van der Waals surface area contributed by atoms with E-state index in [0.29, 0.717) is 0 Å². The van der Waals surface area contributed by atoms with Gasteiger partial charge in [0.05, 0.1) is 12.0 Å². The molecule has 0 atom stereocenters. The van der Waals surface area contributed by atoms with Gasteiger partial charge < -0.3 is 28.7 Å². The predicted octanol–water partition coefficient (Wildman–Crippen LogP) is 4.57. The maximum atomic E-state index is 5.37. The van der Waals surface area contributed by atoms with E-state index in [-0.39, 0.29) is 24.0 Å². The Labute approximate surface area is 215 Å². The molecule has 0 aliphatic heterocycles. The van der Waals surface area contributed by atoms with Crippen LogP contribution in [0.2, 0.25) is 0 Å². The number of benzene rings is 2. The van der Waals surface area contributed by atoms with E-state index in [1.807, 2.05) is 17.8 Å². The Morgan fingerprint density at radius 1 is 0.938 bits per heavy atom. The lowest BCUT2D eigenvalue weighted by molar-refractivity contribution is -0.673. The first-order valence-electron chi connectivity index (χ1n) is 12.0. The number of para-hydroxylation sites is 1. The summed E-state index contributed by atoms with van der Waals surface area (Å²) in [5, 5.41) is 1.33. The number of aryl methyl sites for hydroxylation is 1. The molecule has 4 heteroatoms. The van der Waals surface area contributed by atoms with Crippen molar-refractivity contribution in [1.29, 1.82) is 0 Å². The molecule has 0 amide bonds. The van der Waals surface area contributed by atoms with Gasteiger partial charge in [-0.2, -0.15) is 4.57 Å². The maximum Gasteiger partial charge on any atom is 0.212 e. The molecule has 0 N–H and O–H groups in total. The van der Waals surface area contributed by atoms with Crippen LogP contribution in [-0.2, 0) is 12.3 Å². The van der Waals surface area contributed by atoms with Gasteiger partial charge in [-0.15, -0.1) is 11.8 Å². The van der Waals surface area contributed by atoms with Crippen molar-refractivity contribution in [2.45, 2.75) is 75.0 Å².